The van der Waals surface area contributed by atoms with Crippen molar-refractivity contribution in [3.8, 4) is 5.75 Å². The van der Waals surface area contributed by atoms with E-state index in [0.29, 0.717) is 5.70 Å². The number of phenolic OH excluding ortho intramolecular Hbond substituents is 1. The minimum atomic E-state index is 0.239. The summed E-state index contributed by atoms with van der Waals surface area (Å²) in [5, 5.41) is 13.1. The van der Waals surface area contributed by atoms with Crippen LogP contribution in [0.25, 0.3) is 12.2 Å². The number of aromatic hydroxyl groups is 1. The molecular weight excluding hydrogens is 236 g/mol. The second-order valence-corrected chi connectivity index (χ2v) is 4.43. The Kier molecular flexibility index (Phi) is 2.72. The van der Waals surface area contributed by atoms with Gasteiger partial charge in [-0.05, 0) is 24.3 Å². The largest absolute Gasteiger partial charge is 0.507 e. The number of hydrogen-bond acceptors (Lipinski definition) is 3. The Morgan fingerprint density at radius 3 is 2.58 bits per heavy atom. The maximum absolute atomic E-state index is 9.79. The van der Waals surface area contributed by atoms with E-state index in [2.05, 4.69) is 5.32 Å². The van der Waals surface area contributed by atoms with Gasteiger partial charge in [-0.2, -0.15) is 0 Å². The van der Waals surface area contributed by atoms with Crippen molar-refractivity contribution in [1.82, 2.24) is 0 Å². The summed E-state index contributed by atoms with van der Waals surface area (Å²) in [5.41, 5.74) is 10.3. The smallest absolute Gasteiger partial charge is 0.122 e. The van der Waals surface area contributed by atoms with E-state index in [4.69, 9.17) is 5.73 Å². The molecule has 1 aliphatic rings. The minimum Gasteiger partial charge on any atom is -0.507 e. The number of phenols is 1. The lowest BCUT2D eigenvalue weighted by Gasteiger charge is -2.19. The Hall–Kier alpha value is -2.68. The molecule has 0 aliphatic carbocycles. The molecule has 94 valence electrons. The maximum atomic E-state index is 9.79. The van der Waals surface area contributed by atoms with Gasteiger partial charge < -0.3 is 16.2 Å². The molecule has 0 aromatic heterocycles. The fourth-order valence-electron chi connectivity index (χ4n) is 2.08. The molecule has 0 unspecified atom stereocenters. The SMILES string of the molecule is NC1=Cc2ccccc2NC1=Cc1ccccc1O. The van der Waals surface area contributed by atoms with Crippen LogP contribution >= 0.6 is 0 Å². The van der Waals surface area contributed by atoms with Crippen LogP contribution in [0.1, 0.15) is 11.1 Å². The van der Waals surface area contributed by atoms with Crippen molar-refractivity contribution in [2.24, 2.45) is 5.73 Å². The van der Waals surface area contributed by atoms with Gasteiger partial charge >= 0.3 is 0 Å². The molecule has 0 bridgehead atoms. The Bertz CT molecular complexity index is 687. The number of anilines is 1. The fourth-order valence-corrected chi connectivity index (χ4v) is 2.08. The fraction of sp³-hybridized carbons (Fsp3) is 0. The Morgan fingerprint density at radius 1 is 1.00 bits per heavy atom. The number of nitrogens with two attached hydrogens (primary N) is 1. The van der Waals surface area contributed by atoms with Gasteiger partial charge in [0, 0.05) is 16.8 Å². The van der Waals surface area contributed by atoms with Crippen molar-refractivity contribution in [3.63, 3.8) is 0 Å². The van der Waals surface area contributed by atoms with Crippen LogP contribution in [0.2, 0.25) is 0 Å². The molecule has 1 aliphatic heterocycles. The predicted molar refractivity (Wildman–Crippen MR) is 78.3 cm³/mol. The Balaban J connectivity index is 2.03. The lowest BCUT2D eigenvalue weighted by Crippen LogP contribution is -2.14. The first kappa shape index (κ1) is 11.4. The minimum absolute atomic E-state index is 0.239. The molecule has 2 aromatic rings. The number of hydrogen-bond donors (Lipinski definition) is 3. The summed E-state index contributed by atoms with van der Waals surface area (Å²) >= 11 is 0. The van der Waals surface area contributed by atoms with Crippen LogP contribution in [0.3, 0.4) is 0 Å². The molecule has 3 heteroatoms. The van der Waals surface area contributed by atoms with Crippen LogP contribution in [-0.4, -0.2) is 5.11 Å². The molecule has 4 N–H and O–H groups in total. The second kappa shape index (κ2) is 4.53. The number of fused-ring (bicyclic) bond motifs is 1. The molecule has 0 fully saturated rings. The third-order valence-corrected chi connectivity index (χ3v) is 3.09. The molecule has 3 rings (SSSR count). The molecule has 0 atom stereocenters. The van der Waals surface area contributed by atoms with E-state index >= 15 is 0 Å². The zero-order chi connectivity index (χ0) is 13.2. The molecule has 2 aromatic carbocycles. The second-order valence-electron chi connectivity index (χ2n) is 4.43. The first-order valence-electron chi connectivity index (χ1n) is 6.07. The van der Waals surface area contributed by atoms with Crippen molar-refractivity contribution in [2.75, 3.05) is 5.32 Å². The summed E-state index contributed by atoms with van der Waals surface area (Å²) in [5.74, 6) is 0.239. The van der Waals surface area contributed by atoms with Gasteiger partial charge in [0.15, 0.2) is 0 Å². The van der Waals surface area contributed by atoms with Crippen LogP contribution in [-0.2, 0) is 0 Å². The summed E-state index contributed by atoms with van der Waals surface area (Å²) in [6.45, 7) is 0. The van der Waals surface area contributed by atoms with Gasteiger partial charge in [0.1, 0.15) is 5.75 Å². The van der Waals surface area contributed by atoms with E-state index in [0.717, 1.165) is 22.5 Å². The van der Waals surface area contributed by atoms with Crippen molar-refractivity contribution >= 4 is 17.8 Å². The molecule has 19 heavy (non-hydrogen) atoms. The van der Waals surface area contributed by atoms with Gasteiger partial charge in [0.05, 0.1) is 11.4 Å². The maximum Gasteiger partial charge on any atom is 0.122 e. The molecule has 0 radical (unpaired) electrons. The molecule has 0 spiro atoms. The van der Waals surface area contributed by atoms with Gasteiger partial charge in [-0.3, -0.25) is 0 Å². The lowest BCUT2D eigenvalue weighted by molar-refractivity contribution is 0.474. The molecule has 0 saturated carbocycles. The van der Waals surface area contributed by atoms with Crippen LogP contribution in [0.4, 0.5) is 5.69 Å². The van der Waals surface area contributed by atoms with E-state index in [1.807, 2.05) is 48.6 Å². The first-order valence-corrected chi connectivity index (χ1v) is 6.07. The molecule has 1 heterocycles. The third kappa shape index (κ3) is 2.18. The van der Waals surface area contributed by atoms with Crippen molar-refractivity contribution in [2.45, 2.75) is 0 Å². The molecule has 3 nitrogen and oxygen atoms in total. The van der Waals surface area contributed by atoms with Gasteiger partial charge in [-0.1, -0.05) is 36.4 Å². The topological polar surface area (TPSA) is 58.3 Å². The Labute approximate surface area is 111 Å². The third-order valence-electron chi connectivity index (χ3n) is 3.09. The first-order chi connectivity index (χ1) is 9.24. The van der Waals surface area contributed by atoms with E-state index in [9.17, 15) is 5.11 Å². The predicted octanol–water partition coefficient (Wildman–Crippen LogP) is 3.16. The number of benzene rings is 2. The average molecular weight is 250 g/mol. The normalized spacial score (nSPS) is 15.6. The summed E-state index contributed by atoms with van der Waals surface area (Å²) in [7, 11) is 0. The molecular formula is C16H14N2O. The highest BCUT2D eigenvalue weighted by Gasteiger charge is 2.12. The van der Waals surface area contributed by atoms with E-state index < -0.39 is 0 Å². The van der Waals surface area contributed by atoms with E-state index in [-0.39, 0.29) is 5.75 Å². The van der Waals surface area contributed by atoms with Crippen molar-refractivity contribution in [1.29, 1.82) is 0 Å². The number of nitrogens with one attached hydrogen (secondary N) is 1. The summed E-state index contributed by atoms with van der Waals surface area (Å²) < 4.78 is 0. The standard InChI is InChI=1S/C16H14N2O/c17-13-9-11-5-1-3-7-14(11)18-15(13)10-12-6-2-4-8-16(12)19/h1-10,18-19H,17H2. The molecule has 0 amide bonds. The lowest BCUT2D eigenvalue weighted by atomic mass is 10.0. The quantitative estimate of drug-likeness (QED) is 0.728. The van der Waals surface area contributed by atoms with E-state index in [1.54, 1.807) is 12.1 Å². The molecule has 0 saturated heterocycles. The average Bonchev–Trinajstić information content (AvgIpc) is 2.42. The van der Waals surface area contributed by atoms with Crippen molar-refractivity contribution in [3.05, 3.63) is 71.1 Å². The summed E-state index contributed by atoms with van der Waals surface area (Å²) in [6.07, 6.45) is 3.77. The van der Waals surface area contributed by atoms with Gasteiger partial charge in [0.25, 0.3) is 0 Å². The van der Waals surface area contributed by atoms with E-state index in [1.165, 1.54) is 0 Å². The number of para-hydroxylation sites is 2. The highest BCUT2D eigenvalue weighted by molar-refractivity contribution is 5.81. The highest BCUT2D eigenvalue weighted by atomic mass is 16.3. The van der Waals surface area contributed by atoms with Gasteiger partial charge in [-0.15, -0.1) is 0 Å². The van der Waals surface area contributed by atoms with Crippen LogP contribution in [0.5, 0.6) is 5.75 Å². The monoisotopic (exact) mass is 250 g/mol. The van der Waals surface area contributed by atoms with Crippen molar-refractivity contribution < 1.29 is 5.11 Å². The zero-order valence-electron chi connectivity index (χ0n) is 10.3. The Morgan fingerprint density at radius 2 is 1.74 bits per heavy atom. The van der Waals surface area contributed by atoms with Crippen LogP contribution < -0.4 is 11.1 Å². The van der Waals surface area contributed by atoms with Crippen LogP contribution in [0.15, 0.2) is 59.9 Å². The number of rotatable bonds is 1. The van der Waals surface area contributed by atoms with Gasteiger partial charge in [-0.25, -0.2) is 0 Å². The van der Waals surface area contributed by atoms with Gasteiger partial charge in [0.2, 0.25) is 0 Å². The highest BCUT2D eigenvalue weighted by Crippen LogP contribution is 2.29. The zero-order valence-corrected chi connectivity index (χ0v) is 10.3. The summed E-state index contributed by atoms with van der Waals surface area (Å²) in [6, 6.07) is 15.1. The van der Waals surface area contributed by atoms with Crippen LogP contribution in [0, 0.1) is 0 Å². The summed E-state index contributed by atoms with van der Waals surface area (Å²) in [4.78, 5) is 0.